The van der Waals surface area contributed by atoms with Gasteiger partial charge in [0.1, 0.15) is 0 Å². The summed E-state index contributed by atoms with van der Waals surface area (Å²) in [5.41, 5.74) is 6.66. The van der Waals surface area contributed by atoms with E-state index in [1.54, 1.807) is 0 Å². The van der Waals surface area contributed by atoms with Crippen LogP contribution in [-0.2, 0) is 6.42 Å². The largest absolute Gasteiger partial charge is 0.306 e. The zero-order valence-electron chi connectivity index (χ0n) is 13.7. The van der Waals surface area contributed by atoms with Gasteiger partial charge in [-0.3, -0.25) is 5.01 Å². The second-order valence-electron chi connectivity index (χ2n) is 6.52. The normalized spacial score (nSPS) is 18.1. The van der Waals surface area contributed by atoms with Gasteiger partial charge >= 0.3 is 0 Å². The number of hydrazone groups is 1. The Morgan fingerprint density at radius 2 is 1.48 bits per heavy atom. The lowest BCUT2D eigenvalue weighted by Crippen LogP contribution is -2.32. The standard InChI is InChI=1S/C20H23N3/c1-22-13-11-17(12-14-22)21-23-15-10-16-6-2-3-7-18(16)19-8-4-5-9-20(19)23/h2-9H,10-15H2,1H3. The van der Waals surface area contributed by atoms with E-state index in [2.05, 4.69) is 65.5 Å². The molecule has 2 heterocycles. The summed E-state index contributed by atoms with van der Waals surface area (Å²) in [5, 5.41) is 7.27. The van der Waals surface area contributed by atoms with Crippen LogP contribution in [0, 0.1) is 0 Å². The monoisotopic (exact) mass is 305 g/mol. The van der Waals surface area contributed by atoms with Crippen molar-refractivity contribution in [3.8, 4) is 11.1 Å². The first-order valence-electron chi connectivity index (χ1n) is 8.51. The van der Waals surface area contributed by atoms with Crippen molar-refractivity contribution in [2.24, 2.45) is 5.10 Å². The molecule has 23 heavy (non-hydrogen) atoms. The Hall–Kier alpha value is -2.13. The van der Waals surface area contributed by atoms with Crippen molar-refractivity contribution < 1.29 is 0 Å². The molecule has 3 heteroatoms. The number of rotatable bonds is 1. The molecule has 0 unspecified atom stereocenters. The highest BCUT2D eigenvalue weighted by Crippen LogP contribution is 2.36. The second-order valence-corrected chi connectivity index (χ2v) is 6.52. The molecule has 3 nitrogen and oxygen atoms in total. The third kappa shape index (κ3) is 2.89. The van der Waals surface area contributed by atoms with E-state index in [1.807, 2.05) is 0 Å². The van der Waals surface area contributed by atoms with E-state index < -0.39 is 0 Å². The molecular weight excluding hydrogens is 282 g/mol. The summed E-state index contributed by atoms with van der Waals surface area (Å²) in [5.74, 6) is 0. The number of piperidine rings is 1. The summed E-state index contributed by atoms with van der Waals surface area (Å²) in [6.45, 7) is 3.19. The molecule has 1 fully saturated rings. The maximum Gasteiger partial charge on any atom is 0.0672 e. The van der Waals surface area contributed by atoms with E-state index in [1.165, 1.54) is 28.1 Å². The lowest BCUT2D eigenvalue weighted by molar-refractivity contribution is 0.335. The Bertz CT molecular complexity index is 725. The number of hydrogen-bond acceptors (Lipinski definition) is 3. The van der Waals surface area contributed by atoms with Crippen LogP contribution in [0.15, 0.2) is 53.6 Å². The number of fused-ring (bicyclic) bond motifs is 3. The Balaban J connectivity index is 1.72. The highest BCUT2D eigenvalue weighted by atomic mass is 15.5. The van der Waals surface area contributed by atoms with Gasteiger partial charge in [-0.2, -0.15) is 5.10 Å². The number of hydrogen-bond donors (Lipinski definition) is 0. The van der Waals surface area contributed by atoms with Gasteiger partial charge in [0.05, 0.1) is 5.69 Å². The lowest BCUT2D eigenvalue weighted by Gasteiger charge is -2.26. The minimum atomic E-state index is 0.952. The Morgan fingerprint density at radius 3 is 2.30 bits per heavy atom. The van der Waals surface area contributed by atoms with Gasteiger partial charge in [0, 0.05) is 43.8 Å². The first kappa shape index (κ1) is 14.5. The van der Waals surface area contributed by atoms with Gasteiger partial charge in [-0.25, -0.2) is 0 Å². The van der Waals surface area contributed by atoms with Crippen molar-refractivity contribution >= 4 is 11.4 Å². The minimum Gasteiger partial charge on any atom is -0.306 e. The van der Waals surface area contributed by atoms with Crippen LogP contribution in [0.25, 0.3) is 11.1 Å². The summed E-state index contributed by atoms with van der Waals surface area (Å²) in [6, 6.07) is 17.4. The van der Waals surface area contributed by atoms with Crippen LogP contribution in [-0.4, -0.2) is 37.3 Å². The predicted octanol–water partition coefficient (Wildman–Crippen LogP) is 3.80. The molecule has 0 amide bonds. The minimum absolute atomic E-state index is 0.952. The van der Waals surface area contributed by atoms with Gasteiger partial charge in [-0.1, -0.05) is 42.5 Å². The summed E-state index contributed by atoms with van der Waals surface area (Å²) in [7, 11) is 2.19. The molecule has 2 aliphatic heterocycles. The van der Waals surface area contributed by atoms with Gasteiger partial charge in [-0.05, 0) is 30.7 Å². The molecular formula is C20H23N3. The van der Waals surface area contributed by atoms with Gasteiger partial charge in [0.25, 0.3) is 0 Å². The fourth-order valence-electron chi connectivity index (χ4n) is 3.53. The molecule has 2 aromatic rings. The first-order chi connectivity index (χ1) is 11.3. The van der Waals surface area contributed by atoms with E-state index in [9.17, 15) is 0 Å². The van der Waals surface area contributed by atoms with Crippen LogP contribution in [0.3, 0.4) is 0 Å². The fraction of sp³-hybridized carbons (Fsp3) is 0.350. The van der Waals surface area contributed by atoms with Crippen molar-refractivity contribution in [3.63, 3.8) is 0 Å². The van der Waals surface area contributed by atoms with Crippen LogP contribution in [0.4, 0.5) is 5.69 Å². The third-order valence-electron chi connectivity index (χ3n) is 4.91. The summed E-state index contributed by atoms with van der Waals surface area (Å²) in [6.07, 6.45) is 3.21. The topological polar surface area (TPSA) is 18.8 Å². The zero-order valence-corrected chi connectivity index (χ0v) is 13.7. The maximum absolute atomic E-state index is 5.04. The molecule has 0 spiro atoms. The second kappa shape index (κ2) is 6.17. The number of nitrogens with zero attached hydrogens (tertiary/aromatic N) is 3. The molecule has 0 radical (unpaired) electrons. The lowest BCUT2D eigenvalue weighted by atomic mass is 9.98. The summed E-state index contributed by atoms with van der Waals surface area (Å²) in [4.78, 5) is 2.38. The smallest absolute Gasteiger partial charge is 0.0672 e. The average Bonchev–Trinajstić information content (AvgIpc) is 2.75. The van der Waals surface area contributed by atoms with E-state index in [4.69, 9.17) is 5.10 Å². The van der Waals surface area contributed by atoms with Crippen LogP contribution in [0.2, 0.25) is 0 Å². The van der Waals surface area contributed by atoms with E-state index in [0.717, 1.165) is 38.9 Å². The number of likely N-dealkylation sites (tertiary alicyclic amines) is 1. The van der Waals surface area contributed by atoms with Crippen LogP contribution in [0.5, 0.6) is 0 Å². The van der Waals surface area contributed by atoms with Gasteiger partial charge in [0.2, 0.25) is 0 Å². The Morgan fingerprint density at radius 1 is 0.783 bits per heavy atom. The van der Waals surface area contributed by atoms with E-state index in [-0.39, 0.29) is 0 Å². The molecule has 1 saturated heterocycles. The summed E-state index contributed by atoms with van der Waals surface area (Å²) < 4.78 is 0. The van der Waals surface area contributed by atoms with Crippen molar-refractivity contribution in [1.29, 1.82) is 0 Å². The maximum atomic E-state index is 5.04. The molecule has 2 aliphatic rings. The van der Waals surface area contributed by atoms with Crippen LogP contribution < -0.4 is 5.01 Å². The molecule has 0 N–H and O–H groups in total. The average molecular weight is 305 g/mol. The highest BCUT2D eigenvalue weighted by Gasteiger charge is 2.20. The first-order valence-corrected chi connectivity index (χ1v) is 8.51. The SMILES string of the molecule is CN1CCC(=NN2CCc3ccccc3-c3ccccc32)CC1. The fourth-order valence-corrected chi connectivity index (χ4v) is 3.53. The van der Waals surface area contributed by atoms with Crippen molar-refractivity contribution in [1.82, 2.24) is 4.90 Å². The van der Waals surface area contributed by atoms with Crippen molar-refractivity contribution in [2.75, 3.05) is 31.7 Å². The van der Waals surface area contributed by atoms with Gasteiger partial charge in [0.15, 0.2) is 0 Å². The summed E-state index contributed by atoms with van der Waals surface area (Å²) >= 11 is 0. The van der Waals surface area contributed by atoms with Crippen LogP contribution in [0.1, 0.15) is 18.4 Å². The molecule has 4 rings (SSSR count). The van der Waals surface area contributed by atoms with Crippen molar-refractivity contribution in [3.05, 3.63) is 54.1 Å². The van der Waals surface area contributed by atoms with E-state index in [0.29, 0.717) is 0 Å². The van der Waals surface area contributed by atoms with Crippen molar-refractivity contribution in [2.45, 2.75) is 19.3 Å². The molecule has 0 bridgehead atoms. The highest BCUT2D eigenvalue weighted by molar-refractivity contribution is 5.88. The van der Waals surface area contributed by atoms with Gasteiger partial charge in [-0.15, -0.1) is 0 Å². The third-order valence-corrected chi connectivity index (χ3v) is 4.91. The Kier molecular flexibility index (Phi) is 3.88. The number of para-hydroxylation sites is 1. The quantitative estimate of drug-likeness (QED) is 0.798. The van der Waals surface area contributed by atoms with E-state index >= 15 is 0 Å². The van der Waals surface area contributed by atoms with Gasteiger partial charge < -0.3 is 4.90 Å². The molecule has 2 aromatic carbocycles. The zero-order chi connectivity index (χ0) is 15.6. The number of anilines is 1. The Labute approximate surface area is 138 Å². The van der Waals surface area contributed by atoms with Crippen LogP contribution >= 0.6 is 0 Å². The number of benzene rings is 2. The predicted molar refractivity (Wildman–Crippen MR) is 97.1 cm³/mol. The molecule has 0 atom stereocenters. The molecule has 0 aromatic heterocycles. The molecule has 118 valence electrons. The molecule has 0 saturated carbocycles. The molecule has 0 aliphatic carbocycles.